The topological polar surface area (TPSA) is 17.1 Å². The Morgan fingerprint density at radius 3 is 1.38 bits per heavy atom. The number of Topliss-reactive ketones (excluding diaryl/α,β-unsaturated/α-hetero) is 1. The van der Waals surface area contributed by atoms with Crippen LogP contribution in [0, 0.1) is 0 Å². The minimum Gasteiger partial charge on any atom is -0.300 e. The fraction of sp³-hybridized carbons (Fsp3) is 0.870. The molecule has 0 saturated carbocycles. The van der Waals surface area contributed by atoms with Gasteiger partial charge in [0.15, 0.2) is 0 Å². The van der Waals surface area contributed by atoms with Crippen LogP contribution in [-0.4, -0.2) is 5.78 Å². The summed E-state index contributed by atoms with van der Waals surface area (Å²) in [4.78, 5) is 10.8. The number of hydrogen-bond acceptors (Lipinski definition) is 1. The van der Waals surface area contributed by atoms with E-state index in [0.717, 1.165) is 12.8 Å². The maximum atomic E-state index is 10.8. The van der Waals surface area contributed by atoms with Crippen molar-refractivity contribution in [2.24, 2.45) is 0 Å². The second-order valence-corrected chi connectivity index (χ2v) is 7.45. The van der Waals surface area contributed by atoms with Crippen LogP contribution in [0.2, 0.25) is 0 Å². The summed E-state index contributed by atoms with van der Waals surface area (Å²) in [5, 5.41) is 0. The smallest absolute Gasteiger partial charge is 0.129 e. The van der Waals surface area contributed by atoms with Gasteiger partial charge in [-0.3, -0.25) is 0 Å². The van der Waals surface area contributed by atoms with Crippen molar-refractivity contribution in [3.8, 4) is 0 Å². The predicted molar refractivity (Wildman–Crippen MR) is 109 cm³/mol. The molecule has 0 aromatic heterocycles. The van der Waals surface area contributed by atoms with E-state index < -0.39 is 0 Å². The Kier molecular flexibility index (Phi) is 20.0. The molecule has 0 rings (SSSR count). The van der Waals surface area contributed by atoms with E-state index in [2.05, 4.69) is 19.1 Å². The molecule has 24 heavy (non-hydrogen) atoms. The van der Waals surface area contributed by atoms with Gasteiger partial charge >= 0.3 is 0 Å². The summed E-state index contributed by atoms with van der Waals surface area (Å²) >= 11 is 0. The molecule has 0 aromatic rings. The molecular weight excluding hydrogens is 292 g/mol. The molecule has 0 aliphatic heterocycles. The van der Waals surface area contributed by atoms with Crippen LogP contribution in [0.5, 0.6) is 0 Å². The highest BCUT2D eigenvalue weighted by Crippen LogP contribution is 2.13. The molecular formula is C23H44O. The van der Waals surface area contributed by atoms with Gasteiger partial charge < -0.3 is 4.79 Å². The lowest BCUT2D eigenvalue weighted by atomic mass is 10.0. The monoisotopic (exact) mass is 336 g/mol. The van der Waals surface area contributed by atoms with Crippen molar-refractivity contribution in [1.82, 2.24) is 0 Å². The first kappa shape index (κ1) is 23.4. The van der Waals surface area contributed by atoms with Crippen molar-refractivity contribution >= 4 is 5.78 Å². The molecule has 0 amide bonds. The van der Waals surface area contributed by atoms with E-state index >= 15 is 0 Å². The van der Waals surface area contributed by atoms with Gasteiger partial charge in [-0.15, -0.1) is 0 Å². The molecule has 1 nitrogen and oxygen atoms in total. The van der Waals surface area contributed by atoms with E-state index in [0.29, 0.717) is 5.78 Å². The Hall–Kier alpha value is -0.590. The lowest BCUT2D eigenvalue weighted by Crippen LogP contribution is -1.89. The van der Waals surface area contributed by atoms with Crippen LogP contribution in [0.3, 0.4) is 0 Å². The van der Waals surface area contributed by atoms with Gasteiger partial charge in [0.05, 0.1) is 0 Å². The van der Waals surface area contributed by atoms with Crippen molar-refractivity contribution in [2.45, 2.75) is 129 Å². The Labute approximate surface area is 152 Å². The van der Waals surface area contributed by atoms with Crippen molar-refractivity contribution in [2.75, 3.05) is 0 Å². The summed E-state index contributed by atoms with van der Waals surface area (Å²) in [6.45, 7) is 3.97. The maximum absolute atomic E-state index is 10.8. The van der Waals surface area contributed by atoms with E-state index in [1.807, 2.05) is 0 Å². The Morgan fingerprint density at radius 2 is 0.958 bits per heavy atom. The molecule has 0 aliphatic rings. The van der Waals surface area contributed by atoms with Gasteiger partial charge in [-0.05, 0) is 39.0 Å². The lowest BCUT2D eigenvalue weighted by molar-refractivity contribution is -0.117. The van der Waals surface area contributed by atoms with E-state index in [-0.39, 0.29) is 0 Å². The summed E-state index contributed by atoms with van der Waals surface area (Å²) < 4.78 is 0. The van der Waals surface area contributed by atoms with Gasteiger partial charge in [0.25, 0.3) is 0 Å². The molecule has 0 aromatic carbocycles. The highest BCUT2D eigenvalue weighted by atomic mass is 16.1. The second-order valence-electron chi connectivity index (χ2n) is 7.45. The van der Waals surface area contributed by atoms with Crippen molar-refractivity contribution in [1.29, 1.82) is 0 Å². The molecule has 0 spiro atoms. The van der Waals surface area contributed by atoms with Crippen LogP contribution in [0.4, 0.5) is 0 Å². The van der Waals surface area contributed by atoms with Crippen LogP contribution < -0.4 is 0 Å². The van der Waals surface area contributed by atoms with E-state index in [4.69, 9.17) is 0 Å². The van der Waals surface area contributed by atoms with Crippen molar-refractivity contribution in [3.05, 3.63) is 12.2 Å². The highest BCUT2D eigenvalue weighted by Gasteiger charge is 1.95. The minimum absolute atomic E-state index is 0.345. The average molecular weight is 337 g/mol. The number of allylic oxidation sites excluding steroid dienone is 2. The van der Waals surface area contributed by atoms with Gasteiger partial charge in [-0.1, -0.05) is 96.1 Å². The summed E-state index contributed by atoms with van der Waals surface area (Å²) in [5.74, 6) is 0.345. The molecule has 0 fully saturated rings. The zero-order valence-corrected chi connectivity index (χ0v) is 16.8. The molecule has 0 saturated heterocycles. The van der Waals surface area contributed by atoms with Crippen LogP contribution in [0.15, 0.2) is 12.2 Å². The first-order valence-corrected chi connectivity index (χ1v) is 10.9. The predicted octanol–water partition coefficient (Wildman–Crippen LogP) is 8.17. The van der Waals surface area contributed by atoms with Gasteiger partial charge in [0.1, 0.15) is 5.78 Å². The molecule has 142 valence electrons. The fourth-order valence-electron chi connectivity index (χ4n) is 3.15. The molecule has 0 unspecified atom stereocenters. The summed E-state index contributed by atoms with van der Waals surface area (Å²) in [6, 6.07) is 0. The normalized spacial score (nSPS) is 11.4. The minimum atomic E-state index is 0.345. The van der Waals surface area contributed by atoms with Gasteiger partial charge in [-0.25, -0.2) is 0 Å². The molecule has 0 radical (unpaired) electrons. The third kappa shape index (κ3) is 21.4. The second kappa shape index (κ2) is 20.5. The van der Waals surface area contributed by atoms with Crippen molar-refractivity contribution < 1.29 is 4.79 Å². The fourth-order valence-corrected chi connectivity index (χ4v) is 3.15. The maximum Gasteiger partial charge on any atom is 0.129 e. The number of carbonyl (C=O) groups excluding carboxylic acids is 1. The third-order valence-electron chi connectivity index (χ3n) is 4.79. The number of rotatable bonds is 19. The molecule has 0 aliphatic carbocycles. The van der Waals surface area contributed by atoms with E-state index in [1.165, 1.54) is 103 Å². The van der Waals surface area contributed by atoms with E-state index in [9.17, 15) is 4.79 Å². The molecule has 0 N–H and O–H groups in total. The summed E-state index contributed by atoms with van der Waals surface area (Å²) in [5.41, 5.74) is 0. The Bertz CT molecular complexity index is 280. The standard InChI is InChI=1S/C23H44O/c1-3-4-5-6-7-8-9-10-11-12-13-14-15-16-17-18-19-20-21-22-23(2)24/h8-9H,3-7,10-22H2,1-2H3/b9-8-. The molecule has 0 bridgehead atoms. The average Bonchev–Trinajstić information content (AvgIpc) is 2.56. The largest absolute Gasteiger partial charge is 0.300 e. The third-order valence-corrected chi connectivity index (χ3v) is 4.79. The summed E-state index contributed by atoms with van der Waals surface area (Å²) in [6.07, 6.45) is 28.5. The molecule has 1 heteroatoms. The van der Waals surface area contributed by atoms with Gasteiger partial charge in [0, 0.05) is 6.42 Å². The first-order chi connectivity index (χ1) is 11.8. The molecule has 0 heterocycles. The number of hydrogen-bond donors (Lipinski definition) is 0. The zero-order chi connectivity index (χ0) is 17.7. The van der Waals surface area contributed by atoms with Crippen LogP contribution in [0.1, 0.15) is 129 Å². The first-order valence-electron chi connectivity index (χ1n) is 10.9. The van der Waals surface area contributed by atoms with Crippen LogP contribution in [-0.2, 0) is 4.79 Å². The number of unbranched alkanes of at least 4 members (excludes halogenated alkanes) is 15. The van der Waals surface area contributed by atoms with Crippen LogP contribution in [0.25, 0.3) is 0 Å². The van der Waals surface area contributed by atoms with Gasteiger partial charge in [-0.2, -0.15) is 0 Å². The van der Waals surface area contributed by atoms with E-state index in [1.54, 1.807) is 6.92 Å². The lowest BCUT2D eigenvalue weighted by Gasteiger charge is -2.02. The van der Waals surface area contributed by atoms with Gasteiger partial charge in [0.2, 0.25) is 0 Å². The Morgan fingerprint density at radius 1 is 0.583 bits per heavy atom. The summed E-state index contributed by atoms with van der Waals surface area (Å²) in [7, 11) is 0. The SMILES string of the molecule is CCCCCC/C=C\CCCCCCCCCCCCCC(C)=O. The zero-order valence-electron chi connectivity index (χ0n) is 16.8. The Balaban J connectivity index is 3.05. The number of ketones is 1. The van der Waals surface area contributed by atoms with Crippen molar-refractivity contribution in [3.63, 3.8) is 0 Å². The number of carbonyl (C=O) groups is 1. The highest BCUT2D eigenvalue weighted by molar-refractivity contribution is 5.75. The van der Waals surface area contributed by atoms with Crippen LogP contribution >= 0.6 is 0 Å². The molecule has 0 atom stereocenters. The quantitative estimate of drug-likeness (QED) is 0.172.